The Labute approximate surface area is 311 Å². The van der Waals surface area contributed by atoms with Gasteiger partial charge < -0.3 is 42.8 Å². The Hall–Kier alpha value is -1.70. The third-order valence-electron chi connectivity index (χ3n) is 13.3. The molecule has 1 saturated carbocycles. The number of methoxy groups -OCH3 is 3. The largest absolute Gasteiger partial charge is 0.462 e. The number of ether oxygens (including phenoxy) is 8. The van der Waals surface area contributed by atoms with Crippen LogP contribution in [0.3, 0.4) is 0 Å². The van der Waals surface area contributed by atoms with E-state index in [0.717, 1.165) is 50.5 Å². The molecule has 11 heteroatoms. The first kappa shape index (κ1) is 40.0. The zero-order valence-electron chi connectivity index (χ0n) is 32.9. The van der Waals surface area contributed by atoms with Crippen molar-refractivity contribution in [3.63, 3.8) is 0 Å². The SMILES string of the molecule is CC[C@H]1CCC[C@H](O[C@H]2CC[C@H](N(C)C)[C@@H](C)O2)[C@@H](C)C(=O)C2=C[C@@H]3[C@@H](C=C[C@@H]4C[C@@H](OC5O[C@@H](C)[C@H](OC)[C@@H](OC)[C@H]5OC)C[C@@H]34)[C@@H]2CC(=O)O1. The number of likely N-dealkylation sites (N-methyl/N-ethyl adjacent to an activating group) is 1. The summed E-state index contributed by atoms with van der Waals surface area (Å²) in [6, 6.07) is 0.339. The number of carbonyl (C=O) groups is 2. The lowest BCUT2D eigenvalue weighted by Gasteiger charge is -2.44. The summed E-state index contributed by atoms with van der Waals surface area (Å²) in [6.07, 6.45) is 10.8. The highest BCUT2D eigenvalue weighted by Gasteiger charge is 2.52. The van der Waals surface area contributed by atoms with Crippen molar-refractivity contribution in [1.82, 2.24) is 4.90 Å². The van der Waals surface area contributed by atoms with Crippen LogP contribution in [-0.4, -0.2) is 120 Å². The van der Waals surface area contributed by atoms with E-state index in [0.29, 0.717) is 18.4 Å². The molecule has 1 unspecified atom stereocenters. The summed E-state index contributed by atoms with van der Waals surface area (Å²) >= 11 is 0. The Balaban J connectivity index is 1.20. The molecule has 6 rings (SSSR count). The van der Waals surface area contributed by atoms with Crippen LogP contribution in [0, 0.1) is 35.5 Å². The van der Waals surface area contributed by atoms with Crippen LogP contribution in [0.4, 0.5) is 0 Å². The van der Waals surface area contributed by atoms with Gasteiger partial charge in [0.1, 0.15) is 24.4 Å². The normalized spacial score (nSPS) is 45.7. The maximum absolute atomic E-state index is 14.7. The molecule has 17 atom stereocenters. The molecule has 11 nitrogen and oxygen atoms in total. The van der Waals surface area contributed by atoms with Crippen molar-refractivity contribution in [3.05, 3.63) is 23.8 Å². The van der Waals surface area contributed by atoms with E-state index in [9.17, 15) is 9.59 Å². The number of ketones is 1. The number of hydrogen-bond donors (Lipinski definition) is 0. The molecule has 0 aromatic heterocycles. The zero-order valence-corrected chi connectivity index (χ0v) is 32.9. The van der Waals surface area contributed by atoms with Crippen LogP contribution in [0.25, 0.3) is 0 Å². The van der Waals surface area contributed by atoms with Crippen LogP contribution < -0.4 is 0 Å². The van der Waals surface area contributed by atoms with Gasteiger partial charge in [0.2, 0.25) is 0 Å². The van der Waals surface area contributed by atoms with E-state index in [1.165, 1.54) is 0 Å². The fraction of sp³-hybridized carbons (Fsp3) is 0.854. The van der Waals surface area contributed by atoms with Gasteiger partial charge >= 0.3 is 5.97 Å². The number of allylic oxidation sites excluding steroid dienone is 4. The van der Waals surface area contributed by atoms with Gasteiger partial charge in [-0.1, -0.05) is 32.1 Å². The number of carbonyl (C=O) groups excluding carboxylic acids is 2. The van der Waals surface area contributed by atoms with Gasteiger partial charge in [0.05, 0.1) is 30.8 Å². The number of hydrogen-bond acceptors (Lipinski definition) is 11. The molecule has 0 aromatic rings. The second-order valence-electron chi connectivity index (χ2n) is 16.5. The summed E-state index contributed by atoms with van der Waals surface area (Å²) < 4.78 is 49.5. The lowest BCUT2D eigenvalue weighted by Crippen LogP contribution is -2.59. The molecule has 0 bridgehead atoms. The lowest BCUT2D eigenvalue weighted by atomic mass is 9.70. The predicted octanol–water partition coefficient (Wildman–Crippen LogP) is 5.49. The molecule has 0 aromatic carbocycles. The van der Waals surface area contributed by atoms with Gasteiger partial charge in [0, 0.05) is 39.2 Å². The molecule has 3 aliphatic heterocycles. The minimum atomic E-state index is -0.594. The molecular formula is C41H65NO10. The molecule has 52 heavy (non-hydrogen) atoms. The Morgan fingerprint density at radius 1 is 0.827 bits per heavy atom. The zero-order chi connectivity index (χ0) is 37.3. The monoisotopic (exact) mass is 731 g/mol. The molecule has 6 aliphatic rings. The summed E-state index contributed by atoms with van der Waals surface area (Å²) in [7, 11) is 9.15. The number of nitrogens with zero attached hydrogens (tertiary/aromatic N) is 1. The number of esters is 1. The second kappa shape index (κ2) is 17.4. The fourth-order valence-electron chi connectivity index (χ4n) is 10.4. The number of Topliss-reactive ketones (excluding diaryl/α,β-unsaturated/α-hetero) is 1. The third kappa shape index (κ3) is 8.27. The summed E-state index contributed by atoms with van der Waals surface area (Å²) in [5.74, 6) is 0.0198. The molecule has 0 N–H and O–H groups in total. The van der Waals surface area contributed by atoms with E-state index < -0.39 is 12.4 Å². The Morgan fingerprint density at radius 2 is 1.58 bits per heavy atom. The minimum Gasteiger partial charge on any atom is -0.462 e. The molecular weight excluding hydrogens is 666 g/mol. The third-order valence-corrected chi connectivity index (χ3v) is 13.3. The molecule has 3 saturated heterocycles. The Morgan fingerprint density at radius 3 is 2.25 bits per heavy atom. The Kier molecular flexibility index (Phi) is 13.4. The highest BCUT2D eigenvalue weighted by molar-refractivity contribution is 5.99. The summed E-state index contributed by atoms with van der Waals surface area (Å²) in [5.41, 5.74) is 0.763. The minimum absolute atomic E-state index is 0.0380. The number of fused-ring (bicyclic) bond motifs is 5. The van der Waals surface area contributed by atoms with Crippen LogP contribution in [0.2, 0.25) is 0 Å². The van der Waals surface area contributed by atoms with Crippen LogP contribution in [-0.2, 0) is 47.5 Å². The molecule has 3 heterocycles. The van der Waals surface area contributed by atoms with Gasteiger partial charge in [-0.3, -0.25) is 9.59 Å². The molecule has 0 radical (unpaired) electrons. The van der Waals surface area contributed by atoms with Crippen molar-refractivity contribution >= 4 is 11.8 Å². The van der Waals surface area contributed by atoms with Crippen LogP contribution in [0.1, 0.15) is 85.5 Å². The van der Waals surface area contributed by atoms with E-state index in [-0.39, 0.29) is 96.8 Å². The van der Waals surface area contributed by atoms with Gasteiger partial charge in [-0.15, -0.1) is 0 Å². The highest BCUT2D eigenvalue weighted by Crippen LogP contribution is 2.54. The molecule has 294 valence electrons. The van der Waals surface area contributed by atoms with Gasteiger partial charge in [-0.05, 0) is 109 Å². The van der Waals surface area contributed by atoms with Crippen LogP contribution in [0.15, 0.2) is 23.8 Å². The number of cyclic esters (lactones) is 1. The van der Waals surface area contributed by atoms with E-state index in [4.69, 9.17) is 37.9 Å². The van der Waals surface area contributed by atoms with Crippen molar-refractivity contribution in [2.45, 2.75) is 153 Å². The first-order valence-electron chi connectivity index (χ1n) is 20.0. The Bertz CT molecular complexity index is 1290. The van der Waals surface area contributed by atoms with Gasteiger partial charge in [0.15, 0.2) is 18.4 Å². The van der Waals surface area contributed by atoms with Gasteiger partial charge in [-0.2, -0.15) is 0 Å². The molecule has 4 fully saturated rings. The first-order chi connectivity index (χ1) is 25.0. The van der Waals surface area contributed by atoms with Crippen molar-refractivity contribution in [3.8, 4) is 0 Å². The number of rotatable bonds is 9. The van der Waals surface area contributed by atoms with Crippen molar-refractivity contribution < 1.29 is 47.5 Å². The smallest absolute Gasteiger partial charge is 0.306 e. The van der Waals surface area contributed by atoms with Crippen LogP contribution in [0.5, 0.6) is 0 Å². The predicted molar refractivity (Wildman–Crippen MR) is 194 cm³/mol. The molecule has 3 aliphatic carbocycles. The summed E-state index contributed by atoms with van der Waals surface area (Å²) in [4.78, 5) is 30.4. The lowest BCUT2D eigenvalue weighted by molar-refractivity contribution is -0.314. The van der Waals surface area contributed by atoms with Crippen molar-refractivity contribution in [2.24, 2.45) is 35.5 Å². The maximum atomic E-state index is 14.7. The average Bonchev–Trinajstić information content (AvgIpc) is 3.70. The summed E-state index contributed by atoms with van der Waals surface area (Å²) in [5, 5.41) is 0. The van der Waals surface area contributed by atoms with Gasteiger partial charge in [-0.25, -0.2) is 0 Å². The van der Waals surface area contributed by atoms with E-state index in [1.807, 2.05) is 13.8 Å². The van der Waals surface area contributed by atoms with E-state index in [1.54, 1.807) is 21.3 Å². The van der Waals surface area contributed by atoms with Crippen molar-refractivity contribution in [2.75, 3.05) is 35.4 Å². The van der Waals surface area contributed by atoms with Gasteiger partial charge in [0.25, 0.3) is 0 Å². The summed E-state index contributed by atoms with van der Waals surface area (Å²) in [6.45, 7) is 8.17. The first-order valence-corrected chi connectivity index (χ1v) is 20.0. The van der Waals surface area contributed by atoms with Crippen LogP contribution >= 0.6 is 0 Å². The van der Waals surface area contributed by atoms with Crippen molar-refractivity contribution in [1.29, 1.82) is 0 Å². The molecule has 0 amide bonds. The fourth-order valence-corrected chi connectivity index (χ4v) is 10.4. The average molecular weight is 732 g/mol. The maximum Gasteiger partial charge on any atom is 0.306 e. The van der Waals surface area contributed by atoms with E-state index in [2.05, 4.69) is 51.1 Å². The standard InChI is InChI=1S/C41H65NO10/c1-10-26-12-11-13-34(52-36-17-16-33(42(5)6)23(3)48-36)22(2)37(44)32-20-30-28(31(32)21-35(43)50-26)15-14-25-18-27(19-29(25)30)51-41-40(47-9)39(46-8)38(45-7)24(4)49-41/h14-15,20,22-31,33-34,36,38-41H,10-13,16-19,21H2,1-9H3/t22-,23-,24+,25-,26+,27-,28-,29-,30-,31+,33+,34+,36+,38+,39-,40-,41?/m1/s1. The second-order valence-corrected chi connectivity index (χ2v) is 16.5. The molecule has 0 spiro atoms. The van der Waals surface area contributed by atoms with E-state index >= 15 is 0 Å². The highest BCUT2D eigenvalue weighted by atomic mass is 16.7. The quantitative estimate of drug-likeness (QED) is 0.222. The topological polar surface area (TPSA) is 111 Å².